The molecule has 1 rings (SSSR count). The Bertz CT molecular complexity index is 172. The van der Waals surface area contributed by atoms with Crippen LogP contribution in [0.1, 0.15) is 58.3 Å². The van der Waals surface area contributed by atoms with E-state index >= 15 is 0 Å². The summed E-state index contributed by atoms with van der Waals surface area (Å²) < 4.78 is 10.9. The zero-order valence-electron chi connectivity index (χ0n) is 10.6. The van der Waals surface area contributed by atoms with Crippen molar-refractivity contribution < 1.29 is 9.47 Å². The zero-order chi connectivity index (χ0) is 11.5. The van der Waals surface area contributed by atoms with Gasteiger partial charge in [-0.25, -0.2) is 0 Å². The third-order valence-corrected chi connectivity index (χ3v) is 2.87. The quantitative estimate of drug-likeness (QED) is 0.459. The van der Waals surface area contributed by atoms with Gasteiger partial charge in [0.25, 0.3) is 0 Å². The lowest BCUT2D eigenvalue weighted by Crippen LogP contribution is -2.22. The minimum atomic E-state index is -0.0751. The first-order valence-electron chi connectivity index (χ1n) is 6.83. The summed E-state index contributed by atoms with van der Waals surface area (Å²) in [7, 11) is 0. The Labute approximate surface area is 100 Å². The van der Waals surface area contributed by atoms with Crippen molar-refractivity contribution in [2.75, 3.05) is 13.2 Å². The molecule has 0 bridgehead atoms. The molecule has 0 atom stereocenters. The lowest BCUT2D eigenvalue weighted by atomic mass is 10.1. The van der Waals surface area contributed by atoms with Crippen molar-refractivity contribution in [1.29, 1.82) is 0 Å². The Kier molecular flexibility index (Phi) is 8.45. The summed E-state index contributed by atoms with van der Waals surface area (Å²) in [6, 6.07) is 0. The van der Waals surface area contributed by atoms with Crippen molar-refractivity contribution in [1.82, 2.24) is 0 Å². The minimum Gasteiger partial charge on any atom is -0.349 e. The molecule has 1 saturated heterocycles. The van der Waals surface area contributed by atoms with Gasteiger partial charge in [-0.05, 0) is 25.3 Å². The minimum absolute atomic E-state index is 0.0751. The smallest absolute Gasteiger partial charge is 0.176 e. The number of hydrogen-bond donors (Lipinski definition) is 0. The first-order chi connectivity index (χ1) is 7.93. The largest absolute Gasteiger partial charge is 0.349 e. The van der Waals surface area contributed by atoms with E-state index in [2.05, 4.69) is 19.1 Å². The third-order valence-electron chi connectivity index (χ3n) is 2.87. The first-order valence-corrected chi connectivity index (χ1v) is 6.83. The molecule has 0 saturated carbocycles. The number of ether oxygens (including phenoxy) is 2. The van der Waals surface area contributed by atoms with Gasteiger partial charge in [-0.15, -0.1) is 0 Å². The SMILES string of the molecule is CCCCCCCC/C=C/C1OCCCO1. The van der Waals surface area contributed by atoms with E-state index in [0.29, 0.717) is 0 Å². The molecule has 0 aromatic rings. The summed E-state index contributed by atoms with van der Waals surface area (Å²) in [5, 5.41) is 0. The second-order valence-electron chi connectivity index (χ2n) is 4.45. The van der Waals surface area contributed by atoms with Gasteiger partial charge in [0, 0.05) is 0 Å². The van der Waals surface area contributed by atoms with Gasteiger partial charge >= 0.3 is 0 Å². The molecule has 0 aromatic carbocycles. The van der Waals surface area contributed by atoms with Crippen molar-refractivity contribution >= 4 is 0 Å². The van der Waals surface area contributed by atoms with E-state index in [1.807, 2.05) is 0 Å². The molecule has 0 spiro atoms. The van der Waals surface area contributed by atoms with Crippen molar-refractivity contribution in [2.45, 2.75) is 64.6 Å². The van der Waals surface area contributed by atoms with Crippen molar-refractivity contribution in [3.05, 3.63) is 12.2 Å². The summed E-state index contributed by atoms with van der Waals surface area (Å²) >= 11 is 0. The highest BCUT2D eigenvalue weighted by Gasteiger charge is 2.09. The average molecular weight is 226 g/mol. The monoisotopic (exact) mass is 226 g/mol. The highest BCUT2D eigenvalue weighted by molar-refractivity contribution is 4.85. The lowest BCUT2D eigenvalue weighted by molar-refractivity contribution is -0.149. The highest BCUT2D eigenvalue weighted by Crippen LogP contribution is 2.09. The first kappa shape index (κ1) is 13.7. The molecule has 1 aliphatic heterocycles. The van der Waals surface area contributed by atoms with Crippen LogP contribution in [0.5, 0.6) is 0 Å². The summed E-state index contributed by atoms with van der Waals surface area (Å²) in [5.41, 5.74) is 0. The molecule has 1 aliphatic rings. The van der Waals surface area contributed by atoms with E-state index in [9.17, 15) is 0 Å². The molecule has 16 heavy (non-hydrogen) atoms. The molecule has 1 fully saturated rings. The van der Waals surface area contributed by atoms with E-state index in [4.69, 9.17) is 9.47 Å². The number of allylic oxidation sites excluding steroid dienone is 1. The summed E-state index contributed by atoms with van der Waals surface area (Å²) in [6.45, 7) is 3.94. The fourth-order valence-electron chi connectivity index (χ4n) is 1.87. The fraction of sp³-hybridized carbons (Fsp3) is 0.857. The number of unbranched alkanes of at least 4 members (excludes halogenated alkanes) is 6. The van der Waals surface area contributed by atoms with Gasteiger partial charge in [0.1, 0.15) is 0 Å². The van der Waals surface area contributed by atoms with Crippen LogP contribution >= 0.6 is 0 Å². The van der Waals surface area contributed by atoms with Crippen LogP contribution in [0.4, 0.5) is 0 Å². The van der Waals surface area contributed by atoms with Crippen LogP contribution in [0.25, 0.3) is 0 Å². The van der Waals surface area contributed by atoms with Crippen LogP contribution < -0.4 is 0 Å². The molecule has 1 heterocycles. The third kappa shape index (κ3) is 7.02. The predicted molar refractivity (Wildman–Crippen MR) is 67.4 cm³/mol. The Hall–Kier alpha value is -0.340. The number of hydrogen-bond acceptors (Lipinski definition) is 2. The Morgan fingerprint density at radius 2 is 1.69 bits per heavy atom. The van der Waals surface area contributed by atoms with Gasteiger partial charge < -0.3 is 9.47 Å². The van der Waals surface area contributed by atoms with E-state index in [-0.39, 0.29) is 6.29 Å². The zero-order valence-corrected chi connectivity index (χ0v) is 10.6. The maximum Gasteiger partial charge on any atom is 0.176 e. The van der Waals surface area contributed by atoms with Crippen LogP contribution in [0.3, 0.4) is 0 Å². The average Bonchev–Trinajstić information content (AvgIpc) is 2.34. The standard InChI is InChI=1S/C14H26O2/c1-2-3-4-5-6-7-8-9-11-14-15-12-10-13-16-14/h9,11,14H,2-8,10,12-13H2,1H3/b11-9+. The molecule has 0 N–H and O–H groups in total. The molecule has 0 radical (unpaired) electrons. The van der Waals surface area contributed by atoms with E-state index < -0.39 is 0 Å². The van der Waals surface area contributed by atoms with Crippen molar-refractivity contribution in [3.63, 3.8) is 0 Å². The van der Waals surface area contributed by atoms with Crippen LogP contribution in [0, 0.1) is 0 Å². The van der Waals surface area contributed by atoms with Gasteiger partial charge in [-0.2, -0.15) is 0 Å². The highest BCUT2D eigenvalue weighted by atomic mass is 16.7. The van der Waals surface area contributed by atoms with E-state index in [0.717, 1.165) is 26.1 Å². The second-order valence-corrected chi connectivity index (χ2v) is 4.45. The van der Waals surface area contributed by atoms with Gasteiger partial charge in [-0.1, -0.05) is 45.1 Å². The van der Waals surface area contributed by atoms with Crippen LogP contribution in [0.15, 0.2) is 12.2 Å². The van der Waals surface area contributed by atoms with E-state index in [1.165, 1.54) is 38.5 Å². The molecular weight excluding hydrogens is 200 g/mol. The Balaban J connectivity index is 1.87. The van der Waals surface area contributed by atoms with Crippen LogP contribution in [-0.2, 0) is 9.47 Å². The molecule has 0 aliphatic carbocycles. The molecule has 0 aromatic heterocycles. The second kappa shape index (κ2) is 9.86. The molecule has 94 valence electrons. The number of rotatable bonds is 8. The fourth-order valence-corrected chi connectivity index (χ4v) is 1.87. The van der Waals surface area contributed by atoms with Gasteiger partial charge in [-0.3, -0.25) is 0 Å². The normalized spacial score (nSPS) is 18.3. The Morgan fingerprint density at radius 3 is 2.44 bits per heavy atom. The van der Waals surface area contributed by atoms with Gasteiger partial charge in [0.05, 0.1) is 13.2 Å². The van der Waals surface area contributed by atoms with Crippen LogP contribution in [-0.4, -0.2) is 19.5 Å². The molecular formula is C14H26O2. The van der Waals surface area contributed by atoms with Gasteiger partial charge in [0.15, 0.2) is 6.29 Å². The summed E-state index contributed by atoms with van der Waals surface area (Å²) in [5.74, 6) is 0. The van der Waals surface area contributed by atoms with E-state index in [1.54, 1.807) is 0 Å². The maximum atomic E-state index is 5.43. The summed E-state index contributed by atoms with van der Waals surface area (Å²) in [4.78, 5) is 0. The van der Waals surface area contributed by atoms with Gasteiger partial charge in [0.2, 0.25) is 0 Å². The van der Waals surface area contributed by atoms with Crippen LogP contribution in [0.2, 0.25) is 0 Å². The van der Waals surface area contributed by atoms with Crippen molar-refractivity contribution in [3.8, 4) is 0 Å². The molecule has 0 amide bonds. The lowest BCUT2D eigenvalue weighted by Gasteiger charge is -2.19. The molecule has 0 unspecified atom stereocenters. The van der Waals surface area contributed by atoms with Crippen molar-refractivity contribution in [2.24, 2.45) is 0 Å². The molecule has 2 heteroatoms. The predicted octanol–water partition coefficient (Wildman–Crippen LogP) is 4.06. The Morgan fingerprint density at radius 1 is 1.00 bits per heavy atom. The maximum absolute atomic E-state index is 5.43. The topological polar surface area (TPSA) is 18.5 Å². The summed E-state index contributed by atoms with van der Waals surface area (Å²) in [6.07, 6.45) is 14.5. The molecule has 2 nitrogen and oxygen atoms in total.